The van der Waals surface area contributed by atoms with Crippen molar-refractivity contribution in [3.63, 3.8) is 0 Å². The summed E-state index contributed by atoms with van der Waals surface area (Å²) in [6.07, 6.45) is 0. The molecule has 1 atom stereocenters. The van der Waals surface area contributed by atoms with Crippen molar-refractivity contribution < 1.29 is 9.32 Å². The van der Waals surface area contributed by atoms with Gasteiger partial charge in [0, 0.05) is 12.6 Å². The first-order valence-corrected chi connectivity index (χ1v) is 7.90. The second kappa shape index (κ2) is 8.33. The van der Waals surface area contributed by atoms with E-state index < -0.39 is 0 Å². The number of carbonyl (C=O) groups is 1. The van der Waals surface area contributed by atoms with E-state index >= 15 is 0 Å². The van der Waals surface area contributed by atoms with Crippen molar-refractivity contribution in [3.05, 3.63) is 47.7 Å². The van der Waals surface area contributed by atoms with E-state index in [1.807, 2.05) is 30.3 Å². The Morgan fingerprint density at radius 3 is 2.52 bits per heavy atom. The Balaban J connectivity index is 2.05. The van der Waals surface area contributed by atoms with Gasteiger partial charge in [0.15, 0.2) is 5.82 Å². The van der Waals surface area contributed by atoms with E-state index in [-0.39, 0.29) is 12.1 Å². The number of aromatic nitrogens is 1. The number of nitrogens with one attached hydrogen (secondary N) is 2. The summed E-state index contributed by atoms with van der Waals surface area (Å²) in [5.74, 6) is 1.07. The van der Waals surface area contributed by atoms with Gasteiger partial charge < -0.3 is 14.7 Å². The fourth-order valence-electron chi connectivity index (χ4n) is 2.40. The van der Waals surface area contributed by atoms with Crippen LogP contribution >= 0.6 is 0 Å². The van der Waals surface area contributed by atoms with Crippen LogP contribution in [0.25, 0.3) is 0 Å². The van der Waals surface area contributed by atoms with Crippen LogP contribution in [-0.2, 0) is 0 Å². The molecular weight excluding hydrogens is 292 g/mol. The molecule has 1 aromatic carbocycles. The van der Waals surface area contributed by atoms with Crippen LogP contribution in [0.3, 0.4) is 0 Å². The number of hydrogen-bond donors (Lipinski definition) is 2. The molecule has 6 heteroatoms. The van der Waals surface area contributed by atoms with E-state index in [9.17, 15) is 4.79 Å². The second-order valence-corrected chi connectivity index (χ2v) is 5.37. The number of anilines is 1. The quantitative estimate of drug-likeness (QED) is 0.823. The maximum absolute atomic E-state index is 12.2. The highest BCUT2D eigenvalue weighted by Crippen LogP contribution is 2.15. The minimum atomic E-state index is -0.292. The van der Waals surface area contributed by atoms with Crippen molar-refractivity contribution in [2.75, 3.05) is 25.0 Å². The topological polar surface area (TPSA) is 70.4 Å². The molecule has 0 bridgehead atoms. The highest BCUT2D eigenvalue weighted by molar-refractivity contribution is 5.88. The lowest BCUT2D eigenvalue weighted by Gasteiger charge is -2.26. The van der Waals surface area contributed by atoms with Crippen LogP contribution in [0.4, 0.5) is 10.6 Å². The number of amides is 2. The third-order valence-corrected chi connectivity index (χ3v) is 3.71. The molecular formula is C17H24N4O2. The zero-order valence-corrected chi connectivity index (χ0v) is 13.9. The summed E-state index contributed by atoms with van der Waals surface area (Å²) in [5.41, 5.74) is 1.07. The van der Waals surface area contributed by atoms with Crippen LogP contribution in [0.1, 0.15) is 31.2 Å². The Labute approximate surface area is 136 Å². The molecule has 2 rings (SSSR count). The van der Waals surface area contributed by atoms with E-state index in [2.05, 4.69) is 34.5 Å². The maximum Gasteiger partial charge on any atom is 0.321 e. The Morgan fingerprint density at radius 1 is 1.26 bits per heavy atom. The number of aryl methyl sites for hydroxylation is 1. The summed E-state index contributed by atoms with van der Waals surface area (Å²) in [4.78, 5) is 14.5. The fraction of sp³-hybridized carbons (Fsp3) is 0.412. The number of benzene rings is 1. The smallest absolute Gasteiger partial charge is 0.321 e. The van der Waals surface area contributed by atoms with Gasteiger partial charge in [-0.05, 0) is 25.6 Å². The summed E-state index contributed by atoms with van der Waals surface area (Å²) >= 11 is 0. The Bertz CT molecular complexity index is 608. The Hall–Kier alpha value is -2.34. The summed E-state index contributed by atoms with van der Waals surface area (Å²) in [6, 6.07) is 11.3. The molecule has 2 N–H and O–H groups in total. The molecule has 2 amide bonds. The van der Waals surface area contributed by atoms with E-state index in [0.29, 0.717) is 11.6 Å². The molecule has 2 aromatic rings. The Kier molecular flexibility index (Phi) is 6.17. The molecule has 124 valence electrons. The van der Waals surface area contributed by atoms with Crippen molar-refractivity contribution in [2.24, 2.45) is 0 Å². The average molecular weight is 316 g/mol. The van der Waals surface area contributed by atoms with Crippen LogP contribution in [0, 0.1) is 6.92 Å². The van der Waals surface area contributed by atoms with Gasteiger partial charge in [-0.2, -0.15) is 0 Å². The van der Waals surface area contributed by atoms with Gasteiger partial charge in [-0.25, -0.2) is 4.79 Å². The standard InChI is InChI=1S/C17H24N4O2/c1-4-21(5-2)12-15(14-9-7-6-8-10-14)18-17(22)19-16-11-13(3)23-20-16/h6-11,15H,4-5,12H2,1-3H3,(H2,18,19,20,22)/t15-/m1/s1. The molecule has 0 saturated carbocycles. The maximum atomic E-state index is 12.2. The van der Waals surface area contributed by atoms with E-state index in [4.69, 9.17) is 4.52 Å². The zero-order chi connectivity index (χ0) is 16.7. The normalized spacial score (nSPS) is 12.2. The lowest BCUT2D eigenvalue weighted by atomic mass is 10.1. The fourth-order valence-corrected chi connectivity index (χ4v) is 2.40. The molecule has 1 aromatic heterocycles. The average Bonchev–Trinajstić information content (AvgIpc) is 2.97. The molecule has 6 nitrogen and oxygen atoms in total. The van der Waals surface area contributed by atoms with Crippen molar-refractivity contribution in [1.29, 1.82) is 0 Å². The van der Waals surface area contributed by atoms with Gasteiger partial charge in [-0.3, -0.25) is 5.32 Å². The van der Waals surface area contributed by atoms with Crippen molar-refractivity contribution in [3.8, 4) is 0 Å². The molecule has 0 fully saturated rings. The van der Waals surface area contributed by atoms with Gasteiger partial charge in [0.05, 0.1) is 6.04 Å². The first-order chi connectivity index (χ1) is 11.1. The third-order valence-electron chi connectivity index (χ3n) is 3.71. The monoisotopic (exact) mass is 316 g/mol. The van der Waals surface area contributed by atoms with Gasteiger partial charge in [0.25, 0.3) is 0 Å². The second-order valence-electron chi connectivity index (χ2n) is 5.37. The number of nitrogens with zero attached hydrogens (tertiary/aromatic N) is 2. The zero-order valence-electron chi connectivity index (χ0n) is 13.9. The first kappa shape index (κ1) is 17.0. The number of likely N-dealkylation sites (N-methyl/N-ethyl adjacent to an activating group) is 1. The third kappa shape index (κ3) is 5.10. The SMILES string of the molecule is CCN(CC)C[C@@H](NC(=O)Nc1cc(C)on1)c1ccccc1. The highest BCUT2D eigenvalue weighted by atomic mass is 16.5. The summed E-state index contributed by atoms with van der Waals surface area (Å²) < 4.78 is 4.95. The number of urea groups is 1. The van der Waals surface area contributed by atoms with Crippen molar-refractivity contribution in [2.45, 2.75) is 26.8 Å². The first-order valence-electron chi connectivity index (χ1n) is 7.90. The van der Waals surface area contributed by atoms with E-state index in [0.717, 1.165) is 25.2 Å². The number of carbonyl (C=O) groups excluding carboxylic acids is 1. The molecule has 0 aliphatic carbocycles. The summed E-state index contributed by atoms with van der Waals surface area (Å²) in [7, 11) is 0. The molecule has 0 aliphatic rings. The predicted octanol–water partition coefficient (Wildman–Crippen LogP) is 3.19. The predicted molar refractivity (Wildman–Crippen MR) is 90.4 cm³/mol. The number of hydrogen-bond acceptors (Lipinski definition) is 4. The van der Waals surface area contributed by atoms with Crippen molar-refractivity contribution >= 4 is 11.8 Å². The molecule has 23 heavy (non-hydrogen) atoms. The minimum absolute atomic E-state index is 0.0934. The molecule has 0 saturated heterocycles. The van der Waals surface area contributed by atoms with Gasteiger partial charge in [-0.15, -0.1) is 0 Å². The van der Waals surface area contributed by atoms with Gasteiger partial charge in [-0.1, -0.05) is 49.3 Å². The van der Waals surface area contributed by atoms with Crippen LogP contribution in [0.15, 0.2) is 40.9 Å². The highest BCUT2D eigenvalue weighted by Gasteiger charge is 2.17. The van der Waals surface area contributed by atoms with Gasteiger partial charge >= 0.3 is 6.03 Å². The van der Waals surface area contributed by atoms with Crippen LogP contribution in [0.2, 0.25) is 0 Å². The lowest BCUT2D eigenvalue weighted by Crippen LogP contribution is -2.39. The molecule has 0 spiro atoms. The number of rotatable bonds is 7. The van der Waals surface area contributed by atoms with Gasteiger partial charge in [0.1, 0.15) is 5.76 Å². The van der Waals surface area contributed by atoms with E-state index in [1.54, 1.807) is 13.0 Å². The molecule has 1 heterocycles. The minimum Gasteiger partial charge on any atom is -0.360 e. The van der Waals surface area contributed by atoms with Gasteiger partial charge in [0.2, 0.25) is 0 Å². The summed E-state index contributed by atoms with van der Waals surface area (Å²) in [6.45, 7) is 8.64. The molecule has 0 unspecified atom stereocenters. The lowest BCUT2D eigenvalue weighted by molar-refractivity contribution is 0.235. The summed E-state index contributed by atoms with van der Waals surface area (Å²) in [5, 5.41) is 9.49. The molecule has 0 aliphatic heterocycles. The van der Waals surface area contributed by atoms with Crippen LogP contribution in [-0.4, -0.2) is 35.7 Å². The van der Waals surface area contributed by atoms with Crippen molar-refractivity contribution in [1.82, 2.24) is 15.4 Å². The van der Waals surface area contributed by atoms with Crippen LogP contribution < -0.4 is 10.6 Å². The molecule has 0 radical (unpaired) electrons. The van der Waals surface area contributed by atoms with E-state index in [1.165, 1.54) is 0 Å². The van der Waals surface area contributed by atoms with Crippen LogP contribution in [0.5, 0.6) is 0 Å². The Morgan fingerprint density at radius 2 is 1.96 bits per heavy atom. The largest absolute Gasteiger partial charge is 0.360 e.